The molecule has 0 aliphatic carbocycles. The number of rotatable bonds is 4. The van der Waals surface area contributed by atoms with Crippen molar-refractivity contribution in [2.24, 2.45) is 0 Å². The van der Waals surface area contributed by atoms with Crippen molar-refractivity contribution in [1.29, 1.82) is 0 Å². The van der Waals surface area contributed by atoms with Crippen LogP contribution in [0.15, 0.2) is 60.7 Å². The van der Waals surface area contributed by atoms with Crippen LogP contribution in [-0.2, 0) is 0 Å². The van der Waals surface area contributed by atoms with E-state index in [9.17, 15) is 0 Å². The topological polar surface area (TPSA) is 6.48 Å². The number of hydrogen-bond donors (Lipinski definition) is 0. The third-order valence-electron chi connectivity index (χ3n) is 3.21. The van der Waals surface area contributed by atoms with Crippen LogP contribution in [0, 0.1) is 0 Å². The molecule has 0 spiro atoms. The summed E-state index contributed by atoms with van der Waals surface area (Å²) >= 11 is 0. The van der Waals surface area contributed by atoms with Crippen molar-refractivity contribution in [1.82, 2.24) is 9.80 Å². The molecule has 20 heavy (non-hydrogen) atoms. The minimum absolute atomic E-state index is 1.22. The molecule has 0 atom stereocenters. The highest BCUT2D eigenvalue weighted by Gasteiger charge is 2.15. The summed E-state index contributed by atoms with van der Waals surface area (Å²) in [6, 6.07) is 21.0. The zero-order chi connectivity index (χ0) is 14.5. The second kappa shape index (κ2) is 6.29. The first-order valence-corrected chi connectivity index (χ1v) is 6.81. The van der Waals surface area contributed by atoms with E-state index >= 15 is 0 Å². The maximum atomic E-state index is 2.18. The second-order valence-corrected chi connectivity index (χ2v) is 5.22. The van der Waals surface area contributed by atoms with Gasteiger partial charge in [0.15, 0.2) is 0 Å². The number of nitrogens with zero attached hydrogens (tertiary/aromatic N) is 2. The van der Waals surface area contributed by atoms with Crippen molar-refractivity contribution in [2.45, 2.75) is 0 Å². The normalized spacial score (nSPS) is 11.8. The highest BCUT2D eigenvalue weighted by atomic mass is 15.1. The maximum absolute atomic E-state index is 2.18. The fraction of sp³-hybridized carbons (Fsp3) is 0.222. The third kappa shape index (κ3) is 3.02. The van der Waals surface area contributed by atoms with Gasteiger partial charge in [-0.2, -0.15) is 0 Å². The van der Waals surface area contributed by atoms with Crippen LogP contribution in [0.4, 0.5) is 0 Å². The van der Waals surface area contributed by atoms with Gasteiger partial charge in [0, 0.05) is 28.2 Å². The SMILES string of the molecule is CN(C)C(=C(c1ccccc1)N(C)C)c1ccccc1. The molecular formula is C18H22N2. The summed E-state index contributed by atoms with van der Waals surface area (Å²) in [7, 11) is 8.37. The van der Waals surface area contributed by atoms with Crippen LogP contribution in [-0.4, -0.2) is 38.0 Å². The first-order valence-electron chi connectivity index (χ1n) is 6.81. The Kier molecular flexibility index (Phi) is 4.46. The van der Waals surface area contributed by atoms with E-state index in [2.05, 4.69) is 98.7 Å². The monoisotopic (exact) mass is 266 g/mol. The Balaban J connectivity index is 2.67. The zero-order valence-electron chi connectivity index (χ0n) is 12.7. The van der Waals surface area contributed by atoms with Gasteiger partial charge in [0.1, 0.15) is 0 Å². The molecule has 0 aliphatic heterocycles. The van der Waals surface area contributed by atoms with Crippen LogP contribution in [0.3, 0.4) is 0 Å². The lowest BCUT2D eigenvalue weighted by atomic mass is 10.0. The van der Waals surface area contributed by atoms with Crippen molar-refractivity contribution in [3.8, 4) is 0 Å². The van der Waals surface area contributed by atoms with Gasteiger partial charge in [0.05, 0.1) is 11.4 Å². The van der Waals surface area contributed by atoms with Crippen molar-refractivity contribution in [3.05, 3.63) is 71.8 Å². The molecule has 2 rings (SSSR count). The third-order valence-corrected chi connectivity index (χ3v) is 3.21. The lowest BCUT2D eigenvalue weighted by molar-refractivity contribution is 0.552. The maximum Gasteiger partial charge on any atom is 0.0678 e. The summed E-state index contributed by atoms with van der Waals surface area (Å²) in [6.07, 6.45) is 0. The van der Waals surface area contributed by atoms with Crippen LogP contribution in [0.5, 0.6) is 0 Å². The molecule has 0 aliphatic rings. The smallest absolute Gasteiger partial charge is 0.0678 e. The van der Waals surface area contributed by atoms with Crippen molar-refractivity contribution in [2.75, 3.05) is 28.2 Å². The average Bonchev–Trinajstić information content (AvgIpc) is 2.45. The van der Waals surface area contributed by atoms with Crippen molar-refractivity contribution >= 4 is 11.4 Å². The fourth-order valence-electron chi connectivity index (χ4n) is 2.41. The van der Waals surface area contributed by atoms with E-state index in [1.54, 1.807) is 0 Å². The van der Waals surface area contributed by atoms with Gasteiger partial charge >= 0.3 is 0 Å². The van der Waals surface area contributed by atoms with Crippen molar-refractivity contribution < 1.29 is 0 Å². The molecule has 2 aromatic rings. The van der Waals surface area contributed by atoms with Crippen LogP contribution < -0.4 is 0 Å². The second-order valence-electron chi connectivity index (χ2n) is 5.22. The quantitative estimate of drug-likeness (QED) is 0.780. The van der Waals surface area contributed by atoms with Gasteiger partial charge in [-0.05, 0) is 11.1 Å². The Morgan fingerprint density at radius 3 is 1.10 bits per heavy atom. The minimum atomic E-state index is 1.22. The van der Waals surface area contributed by atoms with Gasteiger partial charge in [-0.1, -0.05) is 60.7 Å². The molecular weight excluding hydrogens is 244 g/mol. The highest BCUT2D eigenvalue weighted by Crippen LogP contribution is 2.29. The van der Waals surface area contributed by atoms with Gasteiger partial charge < -0.3 is 9.80 Å². The van der Waals surface area contributed by atoms with Crippen LogP contribution in [0.25, 0.3) is 11.4 Å². The molecule has 0 bridgehead atoms. The Bertz CT molecular complexity index is 515. The van der Waals surface area contributed by atoms with Crippen molar-refractivity contribution in [3.63, 3.8) is 0 Å². The van der Waals surface area contributed by atoms with Gasteiger partial charge in [-0.25, -0.2) is 0 Å². The van der Waals surface area contributed by atoms with Gasteiger partial charge in [-0.15, -0.1) is 0 Å². The molecule has 0 N–H and O–H groups in total. The standard InChI is InChI=1S/C18H22N2/c1-19(2)17(15-11-7-5-8-12-15)18(20(3)4)16-13-9-6-10-14-16/h5-14H,1-4H3. The predicted molar refractivity (Wildman–Crippen MR) is 87.1 cm³/mol. The highest BCUT2D eigenvalue weighted by molar-refractivity contribution is 5.88. The van der Waals surface area contributed by atoms with E-state index in [1.807, 2.05) is 0 Å². The summed E-state index contributed by atoms with van der Waals surface area (Å²) in [5, 5.41) is 0. The predicted octanol–water partition coefficient (Wildman–Crippen LogP) is 3.64. The van der Waals surface area contributed by atoms with E-state index < -0.39 is 0 Å². The molecule has 0 radical (unpaired) electrons. The molecule has 0 unspecified atom stereocenters. The molecule has 2 heteroatoms. The molecule has 2 aromatic carbocycles. The van der Waals surface area contributed by atoms with E-state index in [0.29, 0.717) is 0 Å². The Morgan fingerprint density at radius 2 is 0.850 bits per heavy atom. The molecule has 0 fully saturated rings. The number of benzene rings is 2. The van der Waals surface area contributed by atoms with Crippen LogP contribution in [0.1, 0.15) is 11.1 Å². The molecule has 0 heterocycles. The average molecular weight is 266 g/mol. The Labute approximate surface area is 122 Å². The molecule has 0 amide bonds. The van der Waals surface area contributed by atoms with E-state index in [4.69, 9.17) is 0 Å². The molecule has 0 aromatic heterocycles. The first-order chi connectivity index (χ1) is 9.61. The first kappa shape index (κ1) is 14.2. The minimum Gasteiger partial charge on any atom is -0.375 e. The number of hydrogen-bond acceptors (Lipinski definition) is 2. The van der Waals surface area contributed by atoms with E-state index in [-0.39, 0.29) is 0 Å². The summed E-state index contributed by atoms with van der Waals surface area (Å²) in [5.74, 6) is 0. The van der Waals surface area contributed by atoms with Gasteiger partial charge in [0.25, 0.3) is 0 Å². The van der Waals surface area contributed by atoms with Gasteiger partial charge in [-0.3, -0.25) is 0 Å². The molecule has 0 saturated heterocycles. The van der Waals surface area contributed by atoms with E-state index in [0.717, 1.165) is 0 Å². The zero-order valence-corrected chi connectivity index (χ0v) is 12.7. The summed E-state index contributed by atoms with van der Waals surface area (Å²) in [5.41, 5.74) is 4.90. The van der Waals surface area contributed by atoms with Crippen LogP contribution >= 0.6 is 0 Å². The lowest BCUT2D eigenvalue weighted by Gasteiger charge is -2.27. The fourth-order valence-corrected chi connectivity index (χ4v) is 2.41. The molecule has 0 saturated carbocycles. The van der Waals surface area contributed by atoms with E-state index in [1.165, 1.54) is 22.5 Å². The summed E-state index contributed by atoms with van der Waals surface area (Å²) in [4.78, 5) is 4.36. The van der Waals surface area contributed by atoms with Gasteiger partial charge in [0.2, 0.25) is 0 Å². The molecule has 2 nitrogen and oxygen atoms in total. The Hall–Kier alpha value is -2.22. The Morgan fingerprint density at radius 1 is 0.550 bits per heavy atom. The summed E-state index contributed by atoms with van der Waals surface area (Å²) in [6.45, 7) is 0. The lowest BCUT2D eigenvalue weighted by Crippen LogP contribution is -2.19. The largest absolute Gasteiger partial charge is 0.375 e. The summed E-state index contributed by atoms with van der Waals surface area (Å²) < 4.78 is 0. The molecule has 104 valence electrons. The van der Waals surface area contributed by atoms with Crippen LogP contribution in [0.2, 0.25) is 0 Å².